The fourth-order valence-electron chi connectivity index (χ4n) is 0.721. The van der Waals surface area contributed by atoms with Gasteiger partial charge in [-0.2, -0.15) is 0 Å². The van der Waals surface area contributed by atoms with Crippen LogP contribution in [0.1, 0.15) is 6.92 Å². The van der Waals surface area contributed by atoms with Gasteiger partial charge < -0.3 is 5.32 Å². The first-order valence-electron chi connectivity index (χ1n) is 3.63. The van der Waals surface area contributed by atoms with Gasteiger partial charge in [0, 0.05) is 6.07 Å². The molecule has 0 saturated heterocycles. The third kappa shape index (κ3) is 3.21. The molecule has 1 N–H and O–H groups in total. The summed E-state index contributed by atoms with van der Waals surface area (Å²) < 4.78 is 0. The average molecular weight is 198 g/mol. The maximum absolute atomic E-state index is 11.0. The van der Waals surface area contributed by atoms with E-state index in [9.17, 15) is 4.79 Å². The van der Waals surface area contributed by atoms with E-state index in [0.29, 0.717) is 11.0 Å². The Morgan fingerprint density at radius 3 is 3.00 bits per heavy atom. The van der Waals surface area contributed by atoms with Gasteiger partial charge in [-0.3, -0.25) is 4.79 Å². The predicted molar refractivity (Wildman–Crippen MR) is 50.5 cm³/mol. The Labute approximate surface area is 80.7 Å². The van der Waals surface area contributed by atoms with Crippen LogP contribution in [0.5, 0.6) is 0 Å². The summed E-state index contributed by atoms with van der Waals surface area (Å²) in [5, 5.41) is 2.82. The maximum Gasteiger partial charge on any atom is 0.249 e. The zero-order chi connectivity index (χ0) is 9.68. The summed E-state index contributed by atoms with van der Waals surface area (Å²) in [4.78, 5) is 18.5. The third-order valence-electron chi connectivity index (χ3n) is 1.20. The van der Waals surface area contributed by atoms with Crippen LogP contribution in [0.25, 0.3) is 0 Å². The van der Waals surface area contributed by atoms with E-state index >= 15 is 0 Å². The summed E-state index contributed by atoms with van der Waals surface area (Å²) in [5.41, 5.74) is 0. The lowest BCUT2D eigenvalue weighted by Gasteiger charge is -1.99. The van der Waals surface area contributed by atoms with Crippen molar-refractivity contribution >= 4 is 23.3 Å². The molecule has 0 aliphatic carbocycles. The van der Waals surface area contributed by atoms with Crippen molar-refractivity contribution in [2.75, 3.05) is 5.32 Å². The number of nitrogens with one attached hydrogen (secondary N) is 1. The minimum absolute atomic E-state index is 0.239. The van der Waals surface area contributed by atoms with Crippen LogP contribution in [-0.2, 0) is 4.79 Å². The van der Waals surface area contributed by atoms with Gasteiger partial charge in [0.1, 0.15) is 17.3 Å². The summed E-state index contributed by atoms with van der Waals surface area (Å²) in [6.07, 6.45) is 4.32. The van der Waals surface area contributed by atoms with E-state index in [4.69, 9.17) is 11.6 Å². The average Bonchev–Trinajstić information content (AvgIpc) is 2.04. The quantitative estimate of drug-likeness (QED) is 0.579. The van der Waals surface area contributed by atoms with E-state index in [2.05, 4.69) is 15.3 Å². The first kappa shape index (κ1) is 9.67. The Bertz CT molecular complexity index is 338. The molecular formula is C8H8ClN3O. The van der Waals surface area contributed by atoms with Crippen molar-refractivity contribution in [2.24, 2.45) is 0 Å². The fraction of sp³-hybridized carbons (Fsp3) is 0.125. The molecule has 0 atom stereocenters. The normalized spacial score (nSPS) is 10.3. The van der Waals surface area contributed by atoms with Crippen LogP contribution < -0.4 is 5.32 Å². The molecule has 4 nitrogen and oxygen atoms in total. The molecule has 1 rings (SSSR count). The first-order chi connectivity index (χ1) is 6.22. The van der Waals surface area contributed by atoms with E-state index in [-0.39, 0.29) is 5.91 Å². The van der Waals surface area contributed by atoms with Crippen molar-refractivity contribution in [2.45, 2.75) is 6.92 Å². The monoisotopic (exact) mass is 197 g/mol. The summed E-state index contributed by atoms with van der Waals surface area (Å²) in [5.74, 6) is 0.153. The zero-order valence-corrected chi connectivity index (χ0v) is 7.75. The molecule has 0 bridgehead atoms. The lowest BCUT2D eigenvalue weighted by atomic mass is 10.5. The molecule has 1 heterocycles. The molecule has 0 saturated carbocycles. The van der Waals surface area contributed by atoms with Gasteiger partial charge in [0.15, 0.2) is 0 Å². The minimum atomic E-state index is -0.239. The molecule has 0 spiro atoms. The Kier molecular flexibility index (Phi) is 3.40. The SMILES string of the molecule is C/C=C/C(=O)Nc1cc(Cl)ncn1. The number of rotatable bonds is 2. The molecule has 1 aromatic rings. The van der Waals surface area contributed by atoms with Crippen LogP contribution in [0.3, 0.4) is 0 Å². The summed E-state index contributed by atoms with van der Waals surface area (Å²) in [6, 6.07) is 1.48. The summed E-state index contributed by atoms with van der Waals surface area (Å²) in [7, 11) is 0. The van der Waals surface area contributed by atoms with Gasteiger partial charge in [-0.15, -0.1) is 0 Å². The van der Waals surface area contributed by atoms with Gasteiger partial charge >= 0.3 is 0 Å². The second-order valence-corrected chi connectivity index (χ2v) is 2.60. The third-order valence-corrected chi connectivity index (χ3v) is 1.41. The topological polar surface area (TPSA) is 54.9 Å². The molecule has 0 aromatic carbocycles. The van der Waals surface area contributed by atoms with Crippen molar-refractivity contribution in [3.8, 4) is 0 Å². The highest BCUT2D eigenvalue weighted by molar-refractivity contribution is 6.29. The van der Waals surface area contributed by atoms with E-state index in [1.165, 1.54) is 18.5 Å². The van der Waals surface area contributed by atoms with Crippen molar-refractivity contribution in [1.29, 1.82) is 0 Å². The molecule has 0 aliphatic heterocycles. The number of carbonyl (C=O) groups is 1. The van der Waals surface area contributed by atoms with Gasteiger partial charge in [-0.05, 0) is 13.0 Å². The van der Waals surface area contributed by atoms with Crippen LogP contribution in [0.15, 0.2) is 24.5 Å². The lowest BCUT2D eigenvalue weighted by Crippen LogP contribution is -2.09. The summed E-state index contributed by atoms with van der Waals surface area (Å²) >= 11 is 5.58. The lowest BCUT2D eigenvalue weighted by molar-refractivity contribution is -0.111. The standard InChI is InChI=1S/C8H8ClN3O/c1-2-3-8(13)12-7-4-6(9)10-5-11-7/h2-5H,1H3,(H,10,11,12,13)/b3-2+. The Morgan fingerprint density at radius 1 is 1.62 bits per heavy atom. The predicted octanol–water partition coefficient (Wildman–Crippen LogP) is 1.64. The van der Waals surface area contributed by atoms with Crippen LogP contribution in [-0.4, -0.2) is 15.9 Å². The van der Waals surface area contributed by atoms with Crippen LogP contribution in [0.4, 0.5) is 5.82 Å². The molecule has 5 heteroatoms. The van der Waals surface area contributed by atoms with Crippen LogP contribution >= 0.6 is 11.6 Å². The van der Waals surface area contributed by atoms with Crippen molar-refractivity contribution in [3.05, 3.63) is 29.7 Å². The van der Waals surface area contributed by atoms with Crippen molar-refractivity contribution in [1.82, 2.24) is 9.97 Å². The molecule has 0 aliphatic rings. The molecular weight excluding hydrogens is 190 g/mol. The Morgan fingerprint density at radius 2 is 2.38 bits per heavy atom. The minimum Gasteiger partial charge on any atom is -0.307 e. The number of allylic oxidation sites excluding steroid dienone is 1. The number of hydrogen-bond donors (Lipinski definition) is 1. The summed E-state index contributed by atoms with van der Waals surface area (Å²) in [6.45, 7) is 1.76. The fourth-order valence-corrected chi connectivity index (χ4v) is 0.868. The maximum atomic E-state index is 11.0. The molecule has 1 aromatic heterocycles. The van der Waals surface area contributed by atoms with Crippen LogP contribution in [0, 0.1) is 0 Å². The van der Waals surface area contributed by atoms with Crippen molar-refractivity contribution < 1.29 is 4.79 Å². The number of anilines is 1. The smallest absolute Gasteiger partial charge is 0.249 e. The highest BCUT2D eigenvalue weighted by Crippen LogP contribution is 2.07. The number of carbonyl (C=O) groups excluding carboxylic acids is 1. The molecule has 13 heavy (non-hydrogen) atoms. The van der Waals surface area contributed by atoms with E-state index in [1.807, 2.05) is 0 Å². The zero-order valence-electron chi connectivity index (χ0n) is 6.99. The largest absolute Gasteiger partial charge is 0.307 e. The molecule has 68 valence electrons. The highest BCUT2D eigenvalue weighted by Gasteiger charge is 1.98. The number of nitrogens with zero attached hydrogens (tertiary/aromatic N) is 2. The van der Waals surface area contributed by atoms with E-state index in [1.54, 1.807) is 13.0 Å². The van der Waals surface area contributed by atoms with Gasteiger partial charge in [0.05, 0.1) is 0 Å². The second kappa shape index (κ2) is 4.57. The highest BCUT2D eigenvalue weighted by atomic mass is 35.5. The molecule has 0 radical (unpaired) electrons. The van der Waals surface area contributed by atoms with E-state index in [0.717, 1.165) is 0 Å². The Balaban J connectivity index is 2.69. The number of aromatic nitrogens is 2. The van der Waals surface area contributed by atoms with E-state index < -0.39 is 0 Å². The molecule has 0 unspecified atom stereocenters. The van der Waals surface area contributed by atoms with Crippen molar-refractivity contribution in [3.63, 3.8) is 0 Å². The second-order valence-electron chi connectivity index (χ2n) is 2.22. The molecule has 0 fully saturated rings. The molecule has 1 amide bonds. The van der Waals surface area contributed by atoms with Gasteiger partial charge in [0.2, 0.25) is 5.91 Å². The number of halogens is 1. The van der Waals surface area contributed by atoms with Gasteiger partial charge in [0.25, 0.3) is 0 Å². The van der Waals surface area contributed by atoms with Gasteiger partial charge in [-0.1, -0.05) is 17.7 Å². The Hall–Kier alpha value is -1.42. The number of hydrogen-bond acceptors (Lipinski definition) is 3. The first-order valence-corrected chi connectivity index (χ1v) is 4.01. The van der Waals surface area contributed by atoms with Gasteiger partial charge in [-0.25, -0.2) is 9.97 Å². The number of amides is 1. The van der Waals surface area contributed by atoms with Crippen LogP contribution in [0.2, 0.25) is 5.15 Å².